The number of hydrogen-bond acceptors (Lipinski definition) is 3. The largest absolute Gasteiger partial charge is 0.370 e. The highest BCUT2D eigenvalue weighted by Gasteiger charge is 2.11. The fraction of sp³-hybridized carbons (Fsp3) is 0.235. The van der Waals surface area contributed by atoms with Gasteiger partial charge < -0.3 is 11.1 Å². The van der Waals surface area contributed by atoms with Crippen LogP contribution in [0.5, 0.6) is 0 Å². The number of guanidine groups is 1. The SMILES string of the molecule is I.NC(=NCc1ccc(S(N)(=O)=O)cc1)Nc1ccc2c(c1)CCC2. The van der Waals surface area contributed by atoms with Gasteiger partial charge in [0.1, 0.15) is 0 Å². The van der Waals surface area contributed by atoms with Gasteiger partial charge in [0.2, 0.25) is 10.0 Å². The average Bonchev–Trinajstić information content (AvgIpc) is 3.00. The number of aliphatic imine (C=N–C) groups is 1. The highest BCUT2D eigenvalue weighted by Crippen LogP contribution is 2.24. The first-order valence-electron chi connectivity index (χ1n) is 7.72. The van der Waals surface area contributed by atoms with Crippen LogP contribution in [0, 0.1) is 0 Å². The number of nitrogens with zero attached hydrogens (tertiary/aromatic N) is 1. The van der Waals surface area contributed by atoms with E-state index in [0.717, 1.165) is 24.1 Å². The van der Waals surface area contributed by atoms with Crippen molar-refractivity contribution >= 4 is 45.6 Å². The summed E-state index contributed by atoms with van der Waals surface area (Å²) in [5, 5.41) is 8.16. The van der Waals surface area contributed by atoms with Crippen LogP contribution in [-0.4, -0.2) is 14.4 Å². The first-order chi connectivity index (χ1) is 11.4. The Morgan fingerprint density at radius 1 is 1.08 bits per heavy atom. The third-order valence-corrected chi connectivity index (χ3v) is 4.98. The third-order valence-electron chi connectivity index (χ3n) is 4.05. The Morgan fingerprint density at radius 2 is 1.76 bits per heavy atom. The zero-order valence-electron chi connectivity index (χ0n) is 13.6. The molecule has 0 unspecified atom stereocenters. The number of anilines is 1. The van der Waals surface area contributed by atoms with E-state index in [0.29, 0.717) is 12.5 Å². The van der Waals surface area contributed by atoms with Gasteiger partial charge in [-0.05, 0) is 60.2 Å². The van der Waals surface area contributed by atoms with Gasteiger partial charge in [-0.2, -0.15) is 0 Å². The molecule has 6 nitrogen and oxygen atoms in total. The van der Waals surface area contributed by atoms with E-state index in [1.165, 1.54) is 29.7 Å². The number of primary sulfonamides is 1. The van der Waals surface area contributed by atoms with Crippen LogP contribution in [0.1, 0.15) is 23.1 Å². The Bertz CT molecular complexity index is 880. The van der Waals surface area contributed by atoms with Crippen LogP contribution in [0.4, 0.5) is 5.69 Å². The van der Waals surface area contributed by atoms with Crippen molar-refractivity contribution in [2.75, 3.05) is 5.32 Å². The summed E-state index contributed by atoms with van der Waals surface area (Å²) in [6.07, 6.45) is 3.46. The summed E-state index contributed by atoms with van der Waals surface area (Å²) in [6, 6.07) is 12.5. The van der Waals surface area contributed by atoms with Crippen LogP contribution in [0.25, 0.3) is 0 Å². The Hall–Kier alpha value is -1.65. The number of hydrogen-bond donors (Lipinski definition) is 3. The summed E-state index contributed by atoms with van der Waals surface area (Å²) < 4.78 is 22.4. The maximum absolute atomic E-state index is 11.2. The van der Waals surface area contributed by atoms with Gasteiger partial charge in [0, 0.05) is 5.69 Å². The van der Waals surface area contributed by atoms with Crippen LogP contribution in [0.3, 0.4) is 0 Å². The predicted octanol–water partition coefficient (Wildman–Crippen LogP) is 2.37. The van der Waals surface area contributed by atoms with E-state index >= 15 is 0 Å². The zero-order valence-corrected chi connectivity index (χ0v) is 16.8. The zero-order chi connectivity index (χ0) is 17.2. The molecule has 0 amide bonds. The summed E-state index contributed by atoms with van der Waals surface area (Å²) >= 11 is 0. The fourth-order valence-electron chi connectivity index (χ4n) is 2.80. The molecule has 134 valence electrons. The molecule has 1 aliphatic rings. The van der Waals surface area contributed by atoms with Gasteiger partial charge >= 0.3 is 0 Å². The third kappa shape index (κ3) is 5.16. The summed E-state index contributed by atoms with van der Waals surface area (Å²) in [7, 11) is -3.67. The number of aryl methyl sites for hydroxylation is 2. The van der Waals surface area contributed by atoms with Gasteiger partial charge in [0.05, 0.1) is 11.4 Å². The Balaban J connectivity index is 0.00000225. The van der Waals surface area contributed by atoms with Crippen LogP contribution >= 0.6 is 24.0 Å². The van der Waals surface area contributed by atoms with Crippen LogP contribution in [-0.2, 0) is 29.4 Å². The Morgan fingerprint density at radius 3 is 2.44 bits per heavy atom. The molecule has 0 heterocycles. The maximum atomic E-state index is 11.2. The Kier molecular flexibility index (Phi) is 6.42. The number of nitrogens with two attached hydrogens (primary N) is 2. The maximum Gasteiger partial charge on any atom is 0.238 e. The first kappa shape index (κ1) is 19.7. The number of nitrogens with one attached hydrogen (secondary N) is 1. The van der Waals surface area contributed by atoms with Crippen molar-refractivity contribution in [3.8, 4) is 0 Å². The molecular weight excluding hydrogens is 451 g/mol. The molecule has 0 aliphatic heterocycles. The smallest absolute Gasteiger partial charge is 0.238 e. The van der Waals surface area contributed by atoms with Gasteiger partial charge in [0.25, 0.3) is 0 Å². The van der Waals surface area contributed by atoms with Gasteiger partial charge in [0.15, 0.2) is 5.96 Å². The molecular formula is C17H21IN4O2S. The lowest BCUT2D eigenvalue weighted by Crippen LogP contribution is -2.22. The summed E-state index contributed by atoms with van der Waals surface area (Å²) in [4.78, 5) is 4.36. The van der Waals surface area contributed by atoms with E-state index in [9.17, 15) is 8.42 Å². The van der Waals surface area contributed by atoms with Crippen molar-refractivity contribution in [1.29, 1.82) is 0 Å². The van der Waals surface area contributed by atoms with E-state index in [1.807, 2.05) is 6.07 Å². The normalized spacial score (nSPS) is 13.9. The standard InChI is InChI=1S/C17H20N4O2S.HI/c18-17(21-15-7-6-13-2-1-3-14(13)10-15)20-11-12-4-8-16(9-5-12)24(19,22)23;/h4-10H,1-3,11H2,(H3,18,20,21)(H2,19,22,23);1H. The first-order valence-corrected chi connectivity index (χ1v) is 9.27. The van der Waals surface area contributed by atoms with Crippen molar-refractivity contribution in [2.45, 2.75) is 30.7 Å². The lowest BCUT2D eigenvalue weighted by atomic mass is 10.1. The van der Waals surface area contributed by atoms with Gasteiger partial charge in [-0.3, -0.25) is 0 Å². The fourth-order valence-corrected chi connectivity index (χ4v) is 3.31. The number of benzene rings is 2. The number of rotatable bonds is 4. The van der Waals surface area contributed by atoms with Crippen molar-refractivity contribution in [3.63, 3.8) is 0 Å². The molecule has 0 atom stereocenters. The molecule has 2 aromatic carbocycles. The molecule has 0 aromatic heterocycles. The van der Waals surface area contributed by atoms with E-state index in [-0.39, 0.29) is 28.9 Å². The lowest BCUT2D eigenvalue weighted by Gasteiger charge is -2.08. The number of fused-ring (bicyclic) bond motifs is 1. The van der Waals surface area contributed by atoms with E-state index < -0.39 is 10.0 Å². The second-order valence-corrected chi connectivity index (χ2v) is 7.41. The molecule has 0 radical (unpaired) electrons. The molecule has 25 heavy (non-hydrogen) atoms. The van der Waals surface area contributed by atoms with Crippen molar-refractivity contribution < 1.29 is 8.42 Å². The lowest BCUT2D eigenvalue weighted by molar-refractivity contribution is 0.598. The molecule has 2 aromatic rings. The molecule has 0 bridgehead atoms. The predicted molar refractivity (Wildman–Crippen MR) is 111 cm³/mol. The molecule has 1 aliphatic carbocycles. The second-order valence-electron chi connectivity index (χ2n) is 5.85. The molecule has 0 saturated heterocycles. The van der Waals surface area contributed by atoms with Crippen LogP contribution < -0.4 is 16.2 Å². The van der Waals surface area contributed by atoms with E-state index in [4.69, 9.17) is 10.9 Å². The highest BCUT2D eigenvalue weighted by molar-refractivity contribution is 14.0. The molecule has 0 saturated carbocycles. The minimum atomic E-state index is -3.67. The van der Waals surface area contributed by atoms with Crippen LogP contribution in [0.2, 0.25) is 0 Å². The minimum Gasteiger partial charge on any atom is -0.370 e. The molecule has 3 rings (SSSR count). The monoisotopic (exact) mass is 472 g/mol. The molecule has 0 fully saturated rings. The average molecular weight is 472 g/mol. The molecule has 8 heteroatoms. The van der Waals surface area contributed by atoms with Crippen molar-refractivity contribution in [2.24, 2.45) is 15.9 Å². The minimum absolute atomic E-state index is 0. The summed E-state index contributed by atoms with van der Waals surface area (Å²) in [6.45, 7) is 0.356. The van der Waals surface area contributed by atoms with Crippen molar-refractivity contribution in [1.82, 2.24) is 0 Å². The van der Waals surface area contributed by atoms with Gasteiger partial charge in [-0.15, -0.1) is 24.0 Å². The van der Waals surface area contributed by atoms with Crippen molar-refractivity contribution in [3.05, 3.63) is 59.2 Å². The van der Waals surface area contributed by atoms with Gasteiger partial charge in [-0.25, -0.2) is 18.5 Å². The van der Waals surface area contributed by atoms with Gasteiger partial charge in [-0.1, -0.05) is 18.2 Å². The van der Waals surface area contributed by atoms with Crippen LogP contribution in [0.15, 0.2) is 52.4 Å². The molecule has 0 spiro atoms. The number of sulfonamides is 1. The number of halogens is 1. The molecule has 5 N–H and O–H groups in total. The topological polar surface area (TPSA) is 111 Å². The summed E-state index contributed by atoms with van der Waals surface area (Å²) in [5.41, 5.74) is 10.5. The van der Waals surface area contributed by atoms with E-state index in [1.54, 1.807) is 12.1 Å². The summed E-state index contributed by atoms with van der Waals surface area (Å²) in [5.74, 6) is 0.323. The quantitative estimate of drug-likeness (QED) is 0.361. The Labute approximate surface area is 164 Å². The van der Waals surface area contributed by atoms with E-state index in [2.05, 4.69) is 22.4 Å². The highest BCUT2D eigenvalue weighted by atomic mass is 127. The second kappa shape index (κ2) is 8.15.